The molecule has 88 valence electrons. The number of halogens is 3. The molecule has 0 unspecified atom stereocenters. The van der Waals surface area contributed by atoms with E-state index in [1.54, 1.807) is 0 Å². The molecule has 0 fully saturated rings. The minimum atomic E-state index is -4.51. The van der Waals surface area contributed by atoms with E-state index >= 15 is 0 Å². The quantitative estimate of drug-likeness (QED) is 0.735. The zero-order chi connectivity index (χ0) is 12.6. The molecule has 0 bridgehead atoms. The molecule has 0 amide bonds. The molecule has 16 heavy (non-hydrogen) atoms. The summed E-state index contributed by atoms with van der Waals surface area (Å²) in [6, 6.07) is 2.56. The first-order valence-electron chi connectivity index (χ1n) is 4.56. The highest BCUT2D eigenvalue weighted by molar-refractivity contribution is 6.59. The highest BCUT2D eigenvalue weighted by Crippen LogP contribution is 2.38. The van der Waals surface area contributed by atoms with Gasteiger partial charge in [0.15, 0.2) is 0 Å². The van der Waals surface area contributed by atoms with Gasteiger partial charge in [-0.2, -0.15) is 13.2 Å². The predicted octanol–water partition coefficient (Wildman–Crippen LogP) is 0.601. The summed E-state index contributed by atoms with van der Waals surface area (Å²) in [7, 11) is -1.97. The molecule has 0 saturated heterocycles. The van der Waals surface area contributed by atoms with Crippen molar-refractivity contribution in [3.63, 3.8) is 0 Å². The molecule has 2 N–H and O–H groups in total. The Labute approximate surface area is 91.1 Å². The average Bonchev–Trinajstić information content (AvgIpc) is 2.16. The summed E-state index contributed by atoms with van der Waals surface area (Å²) in [6.07, 6.45) is -3.32. The molecular formula is C9H11BF3NO2. The minimum absolute atomic E-state index is 0.232. The van der Waals surface area contributed by atoms with Crippen molar-refractivity contribution >= 4 is 12.6 Å². The van der Waals surface area contributed by atoms with Crippen molar-refractivity contribution in [2.45, 2.75) is 25.4 Å². The topological polar surface area (TPSA) is 53.4 Å². The highest BCUT2D eigenvalue weighted by Gasteiger charge is 2.51. The lowest BCUT2D eigenvalue weighted by Crippen LogP contribution is -2.45. The van der Waals surface area contributed by atoms with Crippen molar-refractivity contribution < 1.29 is 23.2 Å². The Kier molecular flexibility index (Phi) is 3.30. The van der Waals surface area contributed by atoms with Gasteiger partial charge in [-0.1, -0.05) is 6.07 Å². The minimum Gasteiger partial charge on any atom is -0.423 e. The number of nitrogens with zero attached hydrogens (tertiary/aromatic N) is 1. The normalized spacial score (nSPS) is 12.7. The molecule has 3 nitrogen and oxygen atoms in total. The summed E-state index contributed by atoms with van der Waals surface area (Å²) in [6.45, 7) is 1.89. The molecule has 0 aliphatic heterocycles. The molecule has 1 heterocycles. The van der Waals surface area contributed by atoms with E-state index in [-0.39, 0.29) is 11.2 Å². The SMILES string of the molecule is CC(C)(c1ncccc1B(O)O)C(F)(F)F. The Morgan fingerprint density at radius 3 is 2.25 bits per heavy atom. The van der Waals surface area contributed by atoms with Gasteiger partial charge in [-0.25, -0.2) is 0 Å². The number of hydrogen-bond donors (Lipinski definition) is 2. The van der Waals surface area contributed by atoms with E-state index in [2.05, 4.69) is 4.98 Å². The Bertz CT molecular complexity index is 379. The van der Waals surface area contributed by atoms with E-state index in [1.807, 2.05) is 0 Å². The third kappa shape index (κ3) is 2.20. The van der Waals surface area contributed by atoms with E-state index in [4.69, 9.17) is 10.0 Å². The molecule has 1 aromatic rings. The fourth-order valence-electron chi connectivity index (χ4n) is 1.28. The maximum absolute atomic E-state index is 12.8. The first-order valence-corrected chi connectivity index (χ1v) is 4.56. The monoisotopic (exact) mass is 233 g/mol. The van der Waals surface area contributed by atoms with Crippen LogP contribution in [0.25, 0.3) is 0 Å². The molecule has 1 rings (SSSR count). The zero-order valence-corrected chi connectivity index (χ0v) is 8.78. The van der Waals surface area contributed by atoms with Gasteiger partial charge < -0.3 is 10.0 Å². The van der Waals surface area contributed by atoms with E-state index in [0.717, 1.165) is 13.8 Å². The summed E-state index contributed by atoms with van der Waals surface area (Å²) < 4.78 is 38.3. The van der Waals surface area contributed by atoms with Crippen LogP contribution in [0.3, 0.4) is 0 Å². The molecule has 0 saturated carbocycles. The maximum atomic E-state index is 12.8. The summed E-state index contributed by atoms with van der Waals surface area (Å²) in [5.74, 6) is 0. The second kappa shape index (κ2) is 4.06. The highest BCUT2D eigenvalue weighted by atomic mass is 19.4. The van der Waals surface area contributed by atoms with Gasteiger partial charge in [-0.05, 0) is 19.9 Å². The number of alkyl halides is 3. The fraction of sp³-hybridized carbons (Fsp3) is 0.444. The van der Waals surface area contributed by atoms with Crippen LogP contribution in [0.4, 0.5) is 13.2 Å². The summed E-state index contributed by atoms with van der Waals surface area (Å²) in [5, 5.41) is 18.0. The molecule has 0 atom stereocenters. The summed E-state index contributed by atoms with van der Waals surface area (Å²) >= 11 is 0. The number of pyridine rings is 1. The van der Waals surface area contributed by atoms with Crippen LogP contribution in [0, 0.1) is 0 Å². The fourth-order valence-corrected chi connectivity index (χ4v) is 1.28. The van der Waals surface area contributed by atoms with Crippen LogP contribution in [0.2, 0.25) is 0 Å². The number of rotatable bonds is 2. The van der Waals surface area contributed by atoms with E-state index in [9.17, 15) is 13.2 Å². The van der Waals surface area contributed by atoms with Gasteiger partial charge in [0.25, 0.3) is 0 Å². The van der Waals surface area contributed by atoms with Crippen molar-refractivity contribution in [3.8, 4) is 0 Å². The van der Waals surface area contributed by atoms with Crippen molar-refractivity contribution in [1.82, 2.24) is 4.98 Å². The van der Waals surface area contributed by atoms with Gasteiger partial charge in [0, 0.05) is 11.7 Å². The Hall–Kier alpha value is -1.08. The van der Waals surface area contributed by atoms with Crippen molar-refractivity contribution in [2.24, 2.45) is 0 Å². The molecule has 0 aliphatic rings. The largest absolute Gasteiger partial charge is 0.490 e. The Morgan fingerprint density at radius 2 is 1.81 bits per heavy atom. The van der Waals surface area contributed by atoms with Gasteiger partial charge in [0.05, 0.1) is 5.69 Å². The lowest BCUT2D eigenvalue weighted by atomic mass is 9.72. The maximum Gasteiger partial charge on any atom is 0.490 e. The average molecular weight is 233 g/mol. The zero-order valence-electron chi connectivity index (χ0n) is 8.78. The van der Waals surface area contributed by atoms with Gasteiger partial charge in [0.1, 0.15) is 5.41 Å². The van der Waals surface area contributed by atoms with Crippen LogP contribution in [0.5, 0.6) is 0 Å². The first-order chi connectivity index (χ1) is 7.18. The van der Waals surface area contributed by atoms with Crippen LogP contribution < -0.4 is 5.46 Å². The standard InChI is InChI=1S/C9H11BF3NO2/c1-8(2,9(11,12)13)7-6(10(15)16)4-3-5-14-7/h3-5,15-16H,1-2H3. The number of hydrogen-bond acceptors (Lipinski definition) is 3. The molecule has 1 aromatic heterocycles. The third-order valence-electron chi connectivity index (χ3n) is 2.42. The lowest BCUT2D eigenvalue weighted by molar-refractivity contribution is -0.181. The van der Waals surface area contributed by atoms with E-state index in [1.165, 1.54) is 18.3 Å². The molecule has 0 aromatic carbocycles. The van der Waals surface area contributed by atoms with Gasteiger partial charge >= 0.3 is 13.3 Å². The Morgan fingerprint density at radius 1 is 1.25 bits per heavy atom. The van der Waals surface area contributed by atoms with E-state index in [0.29, 0.717) is 0 Å². The Balaban J connectivity index is 3.33. The van der Waals surface area contributed by atoms with Crippen LogP contribution in [-0.4, -0.2) is 28.3 Å². The van der Waals surface area contributed by atoms with Gasteiger partial charge in [-0.3, -0.25) is 4.98 Å². The molecule has 0 aliphatic carbocycles. The van der Waals surface area contributed by atoms with Crippen LogP contribution in [-0.2, 0) is 5.41 Å². The summed E-state index contributed by atoms with van der Waals surface area (Å²) in [4.78, 5) is 3.60. The second-order valence-electron chi connectivity index (χ2n) is 3.94. The van der Waals surface area contributed by atoms with Crippen molar-refractivity contribution in [3.05, 3.63) is 24.0 Å². The summed E-state index contributed by atoms with van der Waals surface area (Å²) in [5.41, 5.74) is -2.84. The molecular weight excluding hydrogens is 222 g/mol. The molecule has 7 heteroatoms. The molecule has 0 radical (unpaired) electrons. The second-order valence-corrected chi connectivity index (χ2v) is 3.94. The lowest BCUT2D eigenvalue weighted by Gasteiger charge is -2.28. The third-order valence-corrected chi connectivity index (χ3v) is 2.42. The van der Waals surface area contributed by atoms with Crippen molar-refractivity contribution in [1.29, 1.82) is 0 Å². The van der Waals surface area contributed by atoms with E-state index < -0.39 is 18.7 Å². The van der Waals surface area contributed by atoms with Gasteiger partial charge in [0.2, 0.25) is 0 Å². The van der Waals surface area contributed by atoms with Gasteiger partial charge in [-0.15, -0.1) is 0 Å². The smallest absolute Gasteiger partial charge is 0.423 e. The molecule has 0 spiro atoms. The predicted molar refractivity (Wildman–Crippen MR) is 53.1 cm³/mol. The van der Waals surface area contributed by atoms with Crippen molar-refractivity contribution in [2.75, 3.05) is 0 Å². The number of aromatic nitrogens is 1. The van der Waals surface area contributed by atoms with Crippen LogP contribution in [0.1, 0.15) is 19.5 Å². The van der Waals surface area contributed by atoms with Crippen LogP contribution >= 0.6 is 0 Å². The van der Waals surface area contributed by atoms with Crippen LogP contribution in [0.15, 0.2) is 18.3 Å². The first kappa shape index (κ1) is 13.0.